The van der Waals surface area contributed by atoms with Gasteiger partial charge in [0.05, 0.1) is 33.0 Å². The van der Waals surface area contributed by atoms with Crippen molar-refractivity contribution in [1.29, 1.82) is 0 Å². The van der Waals surface area contributed by atoms with Crippen molar-refractivity contribution in [2.24, 2.45) is 28.6 Å². The third kappa shape index (κ3) is 3.22. The highest BCUT2D eigenvalue weighted by molar-refractivity contribution is 5.91. The molecule has 4 aliphatic carbocycles. The monoisotopic (exact) mass is 493 g/mol. The van der Waals surface area contributed by atoms with E-state index in [9.17, 15) is 35.1 Å². The highest BCUT2D eigenvalue weighted by atomic mass is 16.6. The van der Waals surface area contributed by atoms with E-state index in [1.165, 1.54) is 17.7 Å². The molecular formula is C25H23N3O8. The lowest BCUT2D eigenvalue weighted by Gasteiger charge is -2.45. The van der Waals surface area contributed by atoms with Crippen LogP contribution in [0.5, 0.6) is 0 Å². The lowest BCUT2D eigenvalue weighted by Crippen LogP contribution is -2.39. The van der Waals surface area contributed by atoms with E-state index in [1.807, 2.05) is 0 Å². The van der Waals surface area contributed by atoms with Crippen molar-refractivity contribution in [2.45, 2.75) is 26.7 Å². The Bertz CT molecular complexity index is 1340. The van der Waals surface area contributed by atoms with Gasteiger partial charge in [0.2, 0.25) is 0 Å². The topological polar surface area (TPSA) is 156 Å². The molecule has 0 N–H and O–H groups in total. The highest BCUT2D eigenvalue weighted by Crippen LogP contribution is 2.85. The van der Waals surface area contributed by atoms with Gasteiger partial charge in [-0.3, -0.25) is 30.3 Å². The summed E-state index contributed by atoms with van der Waals surface area (Å²) in [6.07, 6.45) is 2.21. The molecule has 4 aliphatic rings. The van der Waals surface area contributed by atoms with Crippen LogP contribution in [0.15, 0.2) is 54.1 Å². The van der Waals surface area contributed by atoms with Crippen LogP contribution in [0.2, 0.25) is 0 Å². The van der Waals surface area contributed by atoms with Crippen molar-refractivity contribution in [1.82, 2.24) is 0 Å². The number of nitrogens with zero attached hydrogens (tertiary/aromatic N) is 3. The lowest BCUT2D eigenvalue weighted by atomic mass is 9.59. The lowest BCUT2D eigenvalue weighted by molar-refractivity contribution is -0.394. The van der Waals surface area contributed by atoms with E-state index < -0.39 is 32.1 Å². The fourth-order valence-corrected chi connectivity index (χ4v) is 7.38. The predicted octanol–water partition coefficient (Wildman–Crippen LogP) is 5.20. The van der Waals surface area contributed by atoms with Crippen LogP contribution >= 0.6 is 0 Å². The van der Waals surface area contributed by atoms with Gasteiger partial charge in [0.15, 0.2) is 0 Å². The summed E-state index contributed by atoms with van der Waals surface area (Å²) >= 11 is 0. The normalized spacial score (nSPS) is 31.4. The maximum atomic E-state index is 12.8. The van der Waals surface area contributed by atoms with Gasteiger partial charge in [0, 0.05) is 30.2 Å². The summed E-state index contributed by atoms with van der Waals surface area (Å²) in [4.78, 5) is 44.3. The van der Waals surface area contributed by atoms with E-state index in [2.05, 4.69) is 26.8 Å². The van der Waals surface area contributed by atoms with Crippen molar-refractivity contribution < 1.29 is 24.3 Å². The largest absolute Gasteiger partial charge is 0.462 e. The second-order valence-electron chi connectivity index (χ2n) is 10.4. The highest BCUT2D eigenvalue weighted by Gasteiger charge is 2.80. The number of nitro benzene ring substituents is 3. The number of nitro groups is 3. The van der Waals surface area contributed by atoms with Crippen LogP contribution in [0, 0.1) is 58.9 Å². The van der Waals surface area contributed by atoms with E-state index in [0.717, 1.165) is 23.8 Å². The van der Waals surface area contributed by atoms with Crippen LogP contribution in [0.4, 0.5) is 17.1 Å². The Kier molecular flexibility index (Phi) is 5.03. The molecule has 0 amide bonds. The average Bonchev–Trinajstić information content (AvgIpc) is 3.39. The molecule has 0 radical (unpaired) electrons. The molecule has 0 spiro atoms. The van der Waals surface area contributed by atoms with E-state index in [1.54, 1.807) is 12.1 Å². The third-order valence-corrected chi connectivity index (χ3v) is 8.54. The Balaban J connectivity index is 1.42. The minimum atomic E-state index is -0.858. The van der Waals surface area contributed by atoms with Crippen LogP contribution in [-0.2, 0) is 4.74 Å². The molecule has 2 saturated carbocycles. The summed E-state index contributed by atoms with van der Waals surface area (Å²) in [7, 11) is 0. The molecule has 2 aromatic rings. The molecule has 0 aromatic heterocycles. The predicted molar refractivity (Wildman–Crippen MR) is 126 cm³/mol. The quantitative estimate of drug-likeness (QED) is 0.220. The molecule has 0 saturated heterocycles. The SMILES string of the molecule is CC1=C[C@]2(C)[C@@H](c3ccc([N+](=O)[O-])cc3)[C@@]3(C)[C@@H]([C@@H]13)[C@@H]2COC(=O)c1cc([N+](=O)[O-])cc([N+](=O)[O-])c1. The van der Waals surface area contributed by atoms with Crippen LogP contribution in [0.25, 0.3) is 0 Å². The zero-order valence-corrected chi connectivity index (χ0v) is 19.7. The number of rotatable bonds is 7. The van der Waals surface area contributed by atoms with Crippen LogP contribution in [0.1, 0.15) is 42.6 Å². The maximum Gasteiger partial charge on any atom is 0.338 e. The molecule has 6 atom stereocenters. The zero-order chi connectivity index (χ0) is 26.2. The van der Waals surface area contributed by atoms with Gasteiger partial charge in [0.1, 0.15) is 0 Å². The van der Waals surface area contributed by atoms with Crippen molar-refractivity contribution in [3.63, 3.8) is 0 Å². The second kappa shape index (κ2) is 7.67. The summed E-state index contributed by atoms with van der Waals surface area (Å²) in [5, 5.41) is 33.5. The van der Waals surface area contributed by atoms with Crippen LogP contribution < -0.4 is 0 Å². The molecule has 36 heavy (non-hydrogen) atoms. The fraction of sp³-hybridized carbons (Fsp3) is 0.400. The minimum absolute atomic E-state index is 0.0211. The molecular weight excluding hydrogens is 470 g/mol. The number of carbonyl (C=O) groups is 1. The first-order valence-electron chi connectivity index (χ1n) is 11.4. The standard InChI is InChI=1S/C25H23N3O8/c1-13-11-24(2)19(12-36-23(29)15-8-17(27(32)33)10-18(9-15)28(34)35)21-20(13)25(21,3)22(24)14-4-6-16(7-5-14)26(30)31/h4-11,19-22H,12H2,1-3H3/t19-,20+,21+,22+,24-,25+/m0/s1. The van der Waals surface area contributed by atoms with Gasteiger partial charge in [-0.2, -0.15) is 0 Å². The van der Waals surface area contributed by atoms with Crippen LogP contribution in [-0.4, -0.2) is 27.3 Å². The molecule has 0 aliphatic heterocycles. The van der Waals surface area contributed by atoms with E-state index >= 15 is 0 Å². The zero-order valence-electron chi connectivity index (χ0n) is 19.7. The molecule has 6 rings (SSSR count). The van der Waals surface area contributed by atoms with E-state index in [4.69, 9.17) is 4.74 Å². The fourth-order valence-electron chi connectivity index (χ4n) is 7.38. The van der Waals surface area contributed by atoms with Gasteiger partial charge in [-0.25, -0.2) is 4.79 Å². The summed E-state index contributed by atoms with van der Waals surface area (Å²) < 4.78 is 5.61. The van der Waals surface area contributed by atoms with Gasteiger partial charge in [-0.1, -0.05) is 37.6 Å². The van der Waals surface area contributed by atoms with Gasteiger partial charge in [-0.15, -0.1) is 0 Å². The molecule has 4 bridgehead atoms. The third-order valence-electron chi connectivity index (χ3n) is 8.54. The number of hydrogen-bond donors (Lipinski definition) is 0. The Hall–Kier alpha value is -4.15. The Morgan fingerprint density at radius 1 is 0.917 bits per heavy atom. The minimum Gasteiger partial charge on any atom is -0.462 e. The first kappa shape index (κ1) is 23.6. The molecule has 0 heterocycles. The molecule has 2 aromatic carbocycles. The number of ether oxygens (including phenoxy) is 1. The van der Waals surface area contributed by atoms with Crippen molar-refractivity contribution in [3.8, 4) is 0 Å². The molecule has 11 heteroatoms. The smallest absolute Gasteiger partial charge is 0.338 e. The first-order chi connectivity index (χ1) is 16.9. The number of carbonyl (C=O) groups excluding carboxylic acids is 1. The number of allylic oxidation sites excluding steroid dienone is 2. The van der Waals surface area contributed by atoms with Gasteiger partial charge in [0.25, 0.3) is 17.1 Å². The molecule has 186 valence electrons. The summed E-state index contributed by atoms with van der Waals surface area (Å²) in [6, 6.07) is 9.35. The Labute approximate surface area is 205 Å². The van der Waals surface area contributed by atoms with Crippen molar-refractivity contribution >= 4 is 23.0 Å². The average molecular weight is 493 g/mol. The maximum absolute atomic E-state index is 12.8. The van der Waals surface area contributed by atoms with Gasteiger partial charge < -0.3 is 4.74 Å². The second-order valence-corrected chi connectivity index (χ2v) is 10.4. The summed E-state index contributed by atoms with van der Waals surface area (Å²) in [5.41, 5.74) is 0.442. The Morgan fingerprint density at radius 3 is 2.00 bits per heavy atom. The van der Waals surface area contributed by atoms with E-state index in [0.29, 0.717) is 5.92 Å². The van der Waals surface area contributed by atoms with E-state index in [-0.39, 0.29) is 46.4 Å². The number of esters is 1. The number of non-ortho nitro benzene ring substituents is 3. The van der Waals surface area contributed by atoms with Crippen LogP contribution in [0.3, 0.4) is 0 Å². The Morgan fingerprint density at radius 2 is 1.47 bits per heavy atom. The summed E-state index contributed by atoms with van der Waals surface area (Å²) in [5.74, 6) is -0.314. The summed E-state index contributed by atoms with van der Waals surface area (Å²) in [6.45, 7) is 6.45. The van der Waals surface area contributed by atoms with Crippen molar-refractivity contribution in [3.05, 3.63) is 95.6 Å². The van der Waals surface area contributed by atoms with Gasteiger partial charge in [-0.05, 0) is 41.1 Å². The number of hydrogen-bond acceptors (Lipinski definition) is 8. The molecule has 2 fully saturated rings. The molecule has 0 unspecified atom stereocenters. The number of benzene rings is 2. The molecule has 11 nitrogen and oxygen atoms in total. The van der Waals surface area contributed by atoms with Gasteiger partial charge >= 0.3 is 5.97 Å². The first-order valence-corrected chi connectivity index (χ1v) is 11.4. The van der Waals surface area contributed by atoms with Crippen molar-refractivity contribution in [2.75, 3.05) is 6.61 Å².